The molecule has 372 valence electrons. The second-order valence-electron chi connectivity index (χ2n) is 18.1. The monoisotopic (exact) mass is 911 g/mol. The minimum absolute atomic E-state index is 0.173. The van der Waals surface area contributed by atoms with Gasteiger partial charge < -0.3 is 28.5 Å². The summed E-state index contributed by atoms with van der Waals surface area (Å²) in [5, 5.41) is 9.67. The molecule has 0 bridgehead atoms. The molecule has 1 N–H and O–H groups in total. The van der Waals surface area contributed by atoms with Crippen molar-refractivity contribution in [3.8, 4) is 0 Å². The van der Waals surface area contributed by atoms with Crippen LogP contribution in [0.15, 0.2) is 85.1 Å². The zero-order valence-electron chi connectivity index (χ0n) is 42.1. The quantitative estimate of drug-likeness (QED) is 0.0211. The van der Waals surface area contributed by atoms with Gasteiger partial charge in [0.25, 0.3) is 6.29 Å². The van der Waals surface area contributed by atoms with Gasteiger partial charge in [-0.3, -0.25) is 9.59 Å². The van der Waals surface area contributed by atoms with Crippen LogP contribution in [-0.4, -0.2) is 87.4 Å². The average Bonchev–Trinajstić information content (AvgIpc) is 3.27. The number of unbranched alkanes of at least 4 members (excludes halogenated alkanes) is 17. The zero-order chi connectivity index (χ0) is 47.7. The molecule has 0 saturated carbocycles. The van der Waals surface area contributed by atoms with Gasteiger partial charge in [0.15, 0.2) is 6.10 Å². The Hall–Kier alpha value is -3.53. The molecule has 0 rings (SSSR count). The highest BCUT2D eigenvalue weighted by Gasteiger charge is 2.25. The summed E-state index contributed by atoms with van der Waals surface area (Å²) >= 11 is 0. The zero-order valence-corrected chi connectivity index (χ0v) is 42.1. The number of allylic oxidation sites excluding steroid dienone is 14. The van der Waals surface area contributed by atoms with Crippen LogP contribution in [0.2, 0.25) is 0 Å². The summed E-state index contributed by atoms with van der Waals surface area (Å²) in [6.45, 7) is 4.69. The van der Waals surface area contributed by atoms with Crippen LogP contribution in [0.4, 0.5) is 0 Å². The van der Waals surface area contributed by atoms with Gasteiger partial charge in [0.1, 0.15) is 13.2 Å². The number of rotatable bonds is 46. The molecule has 2 atom stereocenters. The van der Waals surface area contributed by atoms with Crippen molar-refractivity contribution in [2.75, 3.05) is 47.5 Å². The molecule has 0 radical (unpaired) electrons. The first-order valence-corrected chi connectivity index (χ1v) is 25.8. The predicted molar refractivity (Wildman–Crippen MR) is 272 cm³/mol. The van der Waals surface area contributed by atoms with Gasteiger partial charge in [-0.25, -0.2) is 4.79 Å². The molecule has 65 heavy (non-hydrogen) atoms. The number of aliphatic carboxylic acids is 1. The van der Waals surface area contributed by atoms with E-state index >= 15 is 0 Å². The van der Waals surface area contributed by atoms with E-state index < -0.39 is 24.3 Å². The molecule has 0 aliphatic heterocycles. The van der Waals surface area contributed by atoms with Crippen molar-refractivity contribution in [2.24, 2.45) is 0 Å². The van der Waals surface area contributed by atoms with E-state index in [4.69, 9.17) is 18.9 Å². The number of hydrogen-bond donors (Lipinski definition) is 1. The summed E-state index contributed by atoms with van der Waals surface area (Å²) in [5.74, 6) is -2.09. The number of carboxylic acid groups (broad SMARTS) is 1. The van der Waals surface area contributed by atoms with E-state index in [0.717, 1.165) is 64.2 Å². The fourth-order valence-corrected chi connectivity index (χ4v) is 6.71. The van der Waals surface area contributed by atoms with E-state index in [0.29, 0.717) is 23.9 Å². The van der Waals surface area contributed by atoms with Crippen LogP contribution in [0.1, 0.15) is 194 Å². The van der Waals surface area contributed by atoms with Crippen molar-refractivity contribution in [3.63, 3.8) is 0 Å². The van der Waals surface area contributed by atoms with E-state index in [1.54, 1.807) is 0 Å². The molecule has 0 spiro atoms. The van der Waals surface area contributed by atoms with Crippen LogP contribution < -0.4 is 0 Å². The number of ether oxygens (including phenoxy) is 4. The molecule has 9 nitrogen and oxygen atoms in total. The normalized spacial score (nSPS) is 13.6. The third kappa shape index (κ3) is 48.2. The van der Waals surface area contributed by atoms with Gasteiger partial charge in [0, 0.05) is 12.8 Å². The summed E-state index contributed by atoms with van der Waals surface area (Å²) in [6.07, 6.45) is 58.0. The number of esters is 2. The molecule has 0 aliphatic rings. The fraction of sp³-hybridized carbons (Fsp3) is 0.696. The van der Waals surface area contributed by atoms with Crippen molar-refractivity contribution in [3.05, 3.63) is 85.1 Å². The maximum absolute atomic E-state index is 12.8. The average molecular weight is 911 g/mol. The molecular weight excluding hydrogens is 815 g/mol. The van der Waals surface area contributed by atoms with Gasteiger partial charge in [0.2, 0.25) is 0 Å². The van der Waals surface area contributed by atoms with Crippen molar-refractivity contribution < 1.29 is 42.9 Å². The number of carboxylic acids is 1. The Morgan fingerprint density at radius 1 is 0.477 bits per heavy atom. The summed E-state index contributed by atoms with van der Waals surface area (Å²) in [7, 11) is 5.94. The molecule has 0 heterocycles. The molecule has 0 amide bonds. The van der Waals surface area contributed by atoms with Crippen LogP contribution in [0.25, 0.3) is 0 Å². The lowest BCUT2D eigenvalue weighted by molar-refractivity contribution is -0.870. The highest BCUT2D eigenvalue weighted by atomic mass is 16.7. The van der Waals surface area contributed by atoms with Crippen LogP contribution >= 0.6 is 0 Å². The highest BCUT2D eigenvalue weighted by molar-refractivity contribution is 5.71. The van der Waals surface area contributed by atoms with Crippen molar-refractivity contribution in [2.45, 2.75) is 206 Å². The lowest BCUT2D eigenvalue weighted by Crippen LogP contribution is -2.40. The van der Waals surface area contributed by atoms with Crippen molar-refractivity contribution in [1.82, 2.24) is 0 Å². The molecule has 0 aromatic carbocycles. The first-order valence-electron chi connectivity index (χ1n) is 25.8. The highest BCUT2D eigenvalue weighted by Crippen LogP contribution is 2.15. The van der Waals surface area contributed by atoms with E-state index in [1.807, 2.05) is 21.1 Å². The second kappa shape index (κ2) is 47.0. The first-order chi connectivity index (χ1) is 31.6. The Labute approximate surface area is 398 Å². The lowest BCUT2D eigenvalue weighted by Gasteiger charge is -2.25. The Morgan fingerprint density at radius 3 is 1.29 bits per heavy atom. The number of hydrogen-bond acceptors (Lipinski definition) is 7. The first kappa shape index (κ1) is 61.5. The van der Waals surface area contributed by atoms with Gasteiger partial charge in [-0.1, -0.05) is 202 Å². The Balaban J connectivity index is 4.47. The van der Waals surface area contributed by atoms with Crippen LogP contribution in [-0.2, 0) is 33.3 Å². The third-order valence-electron chi connectivity index (χ3n) is 10.7. The second-order valence-corrected chi connectivity index (χ2v) is 18.1. The van der Waals surface area contributed by atoms with Crippen molar-refractivity contribution in [1.29, 1.82) is 0 Å². The maximum Gasteiger partial charge on any atom is 0.361 e. The summed E-state index contributed by atoms with van der Waals surface area (Å²) < 4.78 is 22.7. The molecule has 2 unspecified atom stereocenters. The number of carbonyl (C=O) groups is 3. The predicted octanol–water partition coefficient (Wildman–Crippen LogP) is 14.4. The van der Waals surface area contributed by atoms with Gasteiger partial charge in [0.05, 0.1) is 34.4 Å². The standard InChI is InChI=1S/C56H95NO8/c1-6-8-10-12-14-16-18-20-22-24-25-26-27-28-29-31-33-35-37-39-41-43-45-47-54(59)65-52(51-64-56(55(60)61)62-49-48-57(3,4)5)50-63-53(58)46-44-42-40-38-36-34-32-30-23-21-19-17-15-13-11-9-7-2/h8,10,14,16,20,22,25-26,28-29,33,35,39,41,52,56H,6-7,9,11-13,15,17-19,21,23-24,27,30-32,34,36-38,40,42-51H2,1-5H3/p+1/b10-8-,16-14-,22-20-,26-25-,29-28-,35-33-,41-39-. The number of quaternary nitrogens is 1. The van der Waals surface area contributed by atoms with E-state index in [-0.39, 0.29) is 38.6 Å². The minimum Gasteiger partial charge on any atom is -0.477 e. The largest absolute Gasteiger partial charge is 0.477 e. The molecule has 0 aliphatic carbocycles. The summed E-state index contributed by atoms with van der Waals surface area (Å²) in [4.78, 5) is 37.3. The third-order valence-corrected chi connectivity index (χ3v) is 10.7. The molecule has 0 saturated heterocycles. The van der Waals surface area contributed by atoms with Crippen LogP contribution in [0.5, 0.6) is 0 Å². The lowest BCUT2D eigenvalue weighted by atomic mass is 10.0. The fourth-order valence-electron chi connectivity index (χ4n) is 6.71. The van der Waals surface area contributed by atoms with Gasteiger partial charge in [-0.05, 0) is 64.2 Å². The van der Waals surface area contributed by atoms with Gasteiger partial charge in [-0.15, -0.1) is 0 Å². The summed E-state index contributed by atoms with van der Waals surface area (Å²) in [6, 6.07) is 0. The van der Waals surface area contributed by atoms with Crippen LogP contribution in [0.3, 0.4) is 0 Å². The van der Waals surface area contributed by atoms with E-state index in [1.165, 1.54) is 89.9 Å². The Kier molecular flexibility index (Phi) is 44.4. The van der Waals surface area contributed by atoms with Crippen molar-refractivity contribution >= 4 is 17.9 Å². The van der Waals surface area contributed by atoms with E-state index in [9.17, 15) is 19.5 Å². The Bertz CT molecular complexity index is 1340. The number of likely N-dealkylation sites (N-methyl/N-ethyl adjacent to an activating group) is 1. The minimum atomic E-state index is -1.53. The molecule has 0 aromatic rings. The molecular formula is C56H96NO8+. The number of nitrogens with zero attached hydrogens (tertiary/aromatic N) is 1. The molecule has 0 fully saturated rings. The van der Waals surface area contributed by atoms with Gasteiger partial charge in [-0.2, -0.15) is 0 Å². The topological polar surface area (TPSA) is 108 Å². The summed E-state index contributed by atoms with van der Waals surface area (Å²) in [5.41, 5.74) is 0. The van der Waals surface area contributed by atoms with Gasteiger partial charge >= 0.3 is 17.9 Å². The molecule has 9 heteroatoms. The Morgan fingerprint density at radius 2 is 0.877 bits per heavy atom. The number of carbonyl (C=O) groups excluding carboxylic acids is 2. The maximum atomic E-state index is 12.8. The van der Waals surface area contributed by atoms with Crippen LogP contribution in [0, 0.1) is 0 Å². The molecule has 0 aromatic heterocycles. The smallest absolute Gasteiger partial charge is 0.361 e. The van der Waals surface area contributed by atoms with E-state index in [2.05, 4.69) is 98.9 Å². The SMILES string of the molecule is CC/C=C\C/C=C\C/C=C\C/C=C\C/C=C\C/C=C\C/C=C\CCCC(=O)OC(COC(=O)CCCCCCCCCCCCCCCCCCC)COC(OCC[N+](C)(C)C)C(=O)O.